The van der Waals surface area contributed by atoms with E-state index in [0.717, 1.165) is 10.9 Å². The lowest BCUT2D eigenvalue weighted by molar-refractivity contribution is 0.102. The van der Waals surface area contributed by atoms with Gasteiger partial charge in [-0.15, -0.1) is 0 Å². The van der Waals surface area contributed by atoms with E-state index < -0.39 is 10.0 Å². The number of sulfonamides is 1. The summed E-state index contributed by atoms with van der Waals surface area (Å²) in [5.74, 6) is -0.316. The van der Waals surface area contributed by atoms with Crippen LogP contribution in [-0.4, -0.2) is 19.3 Å². The molecular formula is C22H17N3O3S. The molecule has 0 spiro atoms. The van der Waals surface area contributed by atoms with Gasteiger partial charge in [0.1, 0.15) is 0 Å². The van der Waals surface area contributed by atoms with E-state index in [9.17, 15) is 13.2 Å². The second-order valence-corrected chi connectivity index (χ2v) is 8.02. The first-order valence-electron chi connectivity index (χ1n) is 8.81. The Morgan fingerprint density at radius 2 is 1.52 bits per heavy atom. The Labute approximate surface area is 168 Å². The van der Waals surface area contributed by atoms with Gasteiger partial charge in [0.25, 0.3) is 5.91 Å². The van der Waals surface area contributed by atoms with Crippen LogP contribution in [0.1, 0.15) is 10.4 Å². The van der Waals surface area contributed by atoms with Crippen molar-refractivity contribution < 1.29 is 13.2 Å². The molecule has 0 aliphatic carbocycles. The van der Waals surface area contributed by atoms with Crippen molar-refractivity contribution in [3.63, 3.8) is 0 Å². The van der Waals surface area contributed by atoms with Gasteiger partial charge in [0, 0.05) is 16.6 Å². The maximum Gasteiger partial charge on any atom is 0.256 e. The molecule has 0 radical (unpaired) electrons. The van der Waals surface area contributed by atoms with Crippen LogP contribution in [0.25, 0.3) is 22.2 Å². The number of benzene rings is 3. The summed E-state index contributed by atoms with van der Waals surface area (Å²) in [5, 5.41) is 8.64. The number of fused-ring (bicyclic) bond motifs is 1. The summed E-state index contributed by atoms with van der Waals surface area (Å²) in [5.41, 5.74) is 3.25. The van der Waals surface area contributed by atoms with Gasteiger partial charge in [0.05, 0.1) is 21.7 Å². The average molecular weight is 403 g/mol. The summed E-state index contributed by atoms with van der Waals surface area (Å²) in [4.78, 5) is 17.7. The Morgan fingerprint density at radius 3 is 2.21 bits per heavy atom. The molecule has 29 heavy (non-hydrogen) atoms. The molecule has 1 aromatic heterocycles. The summed E-state index contributed by atoms with van der Waals surface area (Å²) in [6.07, 6.45) is 0. The number of carbonyl (C=O) groups excluding carboxylic acids is 1. The number of aromatic nitrogens is 1. The summed E-state index contributed by atoms with van der Waals surface area (Å²) in [6, 6.07) is 24.5. The average Bonchev–Trinajstić information content (AvgIpc) is 2.73. The standard InChI is InChI=1S/C22H17N3O3S/c23-29(27,28)17-12-10-16(11-13-17)24-22(26)19-14-21(15-6-2-1-3-7-15)25-20-9-5-4-8-18(19)20/h1-14H,(H,24,26)(H2,23,27,28). The fourth-order valence-electron chi connectivity index (χ4n) is 3.05. The SMILES string of the molecule is NS(=O)(=O)c1ccc(NC(=O)c2cc(-c3ccccc3)nc3ccccc23)cc1. The molecule has 0 atom stereocenters. The fourth-order valence-corrected chi connectivity index (χ4v) is 3.56. The van der Waals surface area contributed by atoms with Crippen molar-refractivity contribution in [3.05, 3.63) is 90.5 Å². The molecule has 0 saturated carbocycles. The summed E-state index contributed by atoms with van der Waals surface area (Å²) >= 11 is 0. The van der Waals surface area contributed by atoms with E-state index in [1.165, 1.54) is 24.3 Å². The van der Waals surface area contributed by atoms with Gasteiger partial charge in [0.2, 0.25) is 10.0 Å². The largest absolute Gasteiger partial charge is 0.322 e. The van der Waals surface area contributed by atoms with Crippen molar-refractivity contribution in [1.29, 1.82) is 0 Å². The lowest BCUT2D eigenvalue weighted by Gasteiger charge is -2.11. The predicted octanol–water partition coefficient (Wildman–Crippen LogP) is 3.80. The van der Waals surface area contributed by atoms with Crippen LogP contribution in [0.2, 0.25) is 0 Å². The number of primary sulfonamides is 1. The normalized spacial score (nSPS) is 11.3. The molecule has 0 saturated heterocycles. The molecule has 3 aromatic carbocycles. The van der Waals surface area contributed by atoms with Gasteiger partial charge in [-0.1, -0.05) is 48.5 Å². The molecule has 0 aliphatic heterocycles. The van der Waals surface area contributed by atoms with Crippen LogP contribution in [0.15, 0.2) is 89.8 Å². The molecule has 4 rings (SSSR count). The van der Waals surface area contributed by atoms with E-state index in [1.54, 1.807) is 6.07 Å². The Hall–Kier alpha value is -3.55. The maximum absolute atomic E-state index is 13.0. The quantitative estimate of drug-likeness (QED) is 0.541. The number of carbonyl (C=O) groups is 1. The van der Waals surface area contributed by atoms with E-state index in [-0.39, 0.29) is 10.8 Å². The lowest BCUT2D eigenvalue weighted by atomic mass is 10.0. The van der Waals surface area contributed by atoms with Crippen LogP contribution in [0.4, 0.5) is 5.69 Å². The second kappa shape index (κ2) is 7.46. The number of pyridine rings is 1. The fraction of sp³-hybridized carbons (Fsp3) is 0. The molecule has 0 unspecified atom stereocenters. The van der Waals surface area contributed by atoms with Crippen molar-refractivity contribution >= 4 is 32.5 Å². The summed E-state index contributed by atoms with van der Waals surface area (Å²) in [6.45, 7) is 0. The Balaban J connectivity index is 1.73. The molecule has 4 aromatic rings. The third-order valence-corrected chi connectivity index (χ3v) is 5.40. The first kappa shape index (κ1) is 18.8. The molecule has 0 fully saturated rings. The van der Waals surface area contributed by atoms with Crippen molar-refractivity contribution in [3.8, 4) is 11.3 Å². The maximum atomic E-state index is 13.0. The number of nitrogens with zero attached hydrogens (tertiary/aromatic N) is 1. The topological polar surface area (TPSA) is 102 Å². The van der Waals surface area contributed by atoms with E-state index in [0.29, 0.717) is 22.5 Å². The van der Waals surface area contributed by atoms with Crippen LogP contribution in [0, 0.1) is 0 Å². The zero-order valence-corrected chi connectivity index (χ0v) is 16.1. The Morgan fingerprint density at radius 1 is 0.862 bits per heavy atom. The van der Waals surface area contributed by atoms with Crippen LogP contribution < -0.4 is 10.5 Å². The van der Waals surface area contributed by atoms with Crippen molar-refractivity contribution in [2.75, 3.05) is 5.32 Å². The number of amides is 1. The number of hydrogen-bond acceptors (Lipinski definition) is 4. The minimum Gasteiger partial charge on any atom is -0.322 e. The van der Waals surface area contributed by atoms with Crippen molar-refractivity contribution in [2.24, 2.45) is 5.14 Å². The molecular weight excluding hydrogens is 386 g/mol. The highest BCUT2D eigenvalue weighted by Crippen LogP contribution is 2.25. The highest BCUT2D eigenvalue weighted by atomic mass is 32.2. The van der Waals surface area contributed by atoms with Crippen LogP contribution in [-0.2, 0) is 10.0 Å². The summed E-state index contributed by atoms with van der Waals surface area (Å²) < 4.78 is 22.8. The smallest absolute Gasteiger partial charge is 0.256 e. The number of hydrogen-bond donors (Lipinski definition) is 2. The first-order chi connectivity index (χ1) is 13.9. The number of rotatable bonds is 4. The predicted molar refractivity (Wildman–Crippen MR) is 113 cm³/mol. The summed E-state index contributed by atoms with van der Waals surface area (Å²) in [7, 11) is -3.79. The van der Waals surface area contributed by atoms with Crippen LogP contribution in [0.5, 0.6) is 0 Å². The van der Waals surface area contributed by atoms with Gasteiger partial charge in [0.15, 0.2) is 0 Å². The van der Waals surface area contributed by atoms with Gasteiger partial charge in [-0.25, -0.2) is 18.5 Å². The molecule has 144 valence electrons. The molecule has 3 N–H and O–H groups in total. The number of anilines is 1. The number of nitrogens with two attached hydrogens (primary N) is 1. The minimum absolute atomic E-state index is 0.0174. The van der Waals surface area contributed by atoms with E-state index >= 15 is 0 Å². The first-order valence-corrected chi connectivity index (χ1v) is 10.4. The van der Waals surface area contributed by atoms with Gasteiger partial charge >= 0.3 is 0 Å². The molecule has 6 nitrogen and oxygen atoms in total. The van der Waals surface area contributed by atoms with Crippen LogP contribution in [0.3, 0.4) is 0 Å². The monoisotopic (exact) mass is 403 g/mol. The highest BCUT2D eigenvalue weighted by molar-refractivity contribution is 7.89. The molecule has 1 amide bonds. The second-order valence-electron chi connectivity index (χ2n) is 6.46. The van der Waals surface area contributed by atoms with Crippen LogP contribution >= 0.6 is 0 Å². The molecule has 0 aliphatic rings. The Kier molecular flexibility index (Phi) is 4.84. The highest BCUT2D eigenvalue weighted by Gasteiger charge is 2.15. The third kappa shape index (κ3) is 4.01. The lowest BCUT2D eigenvalue weighted by Crippen LogP contribution is -2.14. The third-order valence-electron chi connectivity index (χ3n) is 4.47. The minimum atomic E-state index is -3.79. The number of nitrogens with one attached hydrogen (secondary N) is 1. The van der Waals surface area contributed by atoms with Gasteiger partial charge in [-0.3, -0.25) is 4.79 Å². The zero-order valence-electron chi connectivity index (χ0n) is 15.2. The zero-order chi connectivity index (χ0) is 20.4. The van der Waals surface area contributed by atoms with E-state index in [4.69, 9.17) is 5.14 Å². The van der Waals surface area contributed by atoms with Gasteiger partial charge in [-0.05, 0) is 36.4 Å². The Bertz CT molecular complexity index is 1300. The molecule has 1 heterocycles. The number of para-hydroxylation sites is 1. The van der Waals surface area contributed by atoms with Gasteiger partial charge in [-0.2, -0.15) is 0 Å². The van der Waals surface area contributed by atoms with E-state index in [2.05, 4.69) is 10.3 Å². The van der Waals surface area contributed by atoms with E-state index in [1.807, 2.05) is 54.6 Å². The van der Waals surface area contributed by atoms with Crippen molar-refractivity contribution in [2.45, 2.75) is 4.90 Å². The molecule has 0 bridgehead atoms. The van der Waals surface area contributed by atoms with Gasteiger partial charge < -0.3 is 5.32 Å². The molecule has 7 heteroatoms. The van der Waals surface area contributed by atoms with Crippen molar-refractivity contribution in [1.82, 2.24) is 4.98 Å².